The Balaban J connectivity index is 1.30. The lowest BCUT2D eigenvalue weighted by Gasteiger charge is -2.15. The highest BCUT2D eigenvalue weighted by molar-refractivity contribution is 5.86. The molecular weight excluding hydrogens is 384 g/mol. The van der Waals surface area contributed by atoms with E-state index in [9.17, 15) is 4.79 Å². The van der Waals surface area contributed by atoms with E-state index >= 15 is 0 Å². The molecule has 0 aliphatic heterocycles. The highest BCUT2D eigenvalue weighted by Crippen LogP contribution is 2.74. The highest BCUT2D eigenvalue weighted by atomic mass is 16.5. The molecule has 3 aromatic rings. The summed E-state index contributed by atoms with van der Waals surface area (Å²) in [6.45, 7) is 4.61. The molecule has 0 N–H and O–H groups in total. The molecule has 0 unspecified atom stereocenters. The molecule has 3 aromatic carbocycles. The van der Waals surface area contributed by atoms with Crippen molar-refractivity contribution in [3.05, 3.63) is 102 Å². The van der Waals surface area contributed by atoms with Crippen molar-refractivity contribution in [1.82, 2.24) is 0 Å². The number of para-hydroxylation sites is 1. The average Bonchev–Trinajstić information content (AvgIpc) is 3.13. The highest BCUT2D eigenvalue weighted by Gasteiger charge is 2.76. The SMILES string of the molecule is CC[C@@]1(C)[C@@H](C(=O)OCc2cccc(Oc3ccccc3)c2)[C@]12C=Cc1ccccc12. The summed E-state index contributed by atoms with van der Waals surface area (Å²) in [7, 11) is 0. The Kier molecular flexibility index (Phi) is 4.70. The lowest BCUT2D eigenvalue weighted by atomic mass is 9.87. The molecule has 1 spiro atoms. The number of esters is 1. The van der Waals surface area contributed by atoms with Crippen LogP contribution in [0.25, 0.3) is 6.08 Å². The van der Waals surface area contributed by atoms with Crippen LogP contribution in [0.1, 0.15) is 37.0 Å². The summed E-state index contributed by atoms with van der Waals surface area (Å²) in [6.07, 6.45) is 5.30. The van der Waals surface area contributed by atoms with Crippen molar-refractivity contribution in [1.29, 1.82) is 0 Å². The van der Waals surface area contributed by atoms with E-state index in [0.29, 0.717) is 0 Å². The second-order valence-corrected chi connectivity index (χ2v) is 8.66. The molecule has 31 heavy (non-hydrogen) atoms. The summed E-state index contributed by atoms with van der Waals surface area (Å²) in [5.74, 6) is 1.23. The van der Waals surface area contributed by atoms with Gasteiger partial charge in [-0.3, -0.25) is 4.79 Å². The Bertz CT molecular complexity index is 1150. The second-order valence-electron chi connectivity index (χ2n) is 8.66. The molecule has 0 radical (unpaired) electrons. The van der Waals surface area contributed by atoms with Crippen LogP contribution in [0.3, 0.4) is 0 Å². The van der Waals surface area contributed by atoms with Crippen molar-refractivity contribution >= 4 is 12.0 Å². The number of carbonyl (C=O) groups excluding carboxylic acids is 1. The molecule has 156 valence electrons. The van der Waals surface area contributed by atoms with Crippen LogP contribution >= 0.6 is 0 Å². The predicted molar refractivity (Wildman–Crippen MR) is 122 cm³/mol. The maximum absolute atomic E-state index is 13.2. The third-order valence-electron chi connectivity index (χ3n) is 7.12. The topological polar surface area (TPSA) is 35.5 Å². The van der Waals surface area contributed by atoms with Crippen LogP contribution in [0.5, 0.6) is 11.5 Å². The summed E-state index contributed by atoms with van der Waals surface area (Å²) in [5, 5.41) is 0. The first-order chi connectivity index (χ1) is 15.1. The quantitative estimate of drug-likeness (QED) is 0.433. The number of benzene rings is 3. The van der Waals surface area contributed by atoms with Crippen LogP contribution in [0, 0.1) is 11.3 Å². The molecule has 3 atom stereocenters. The maximum Gasteiger partial charge on any atom is 0.311 e. The third kappa shape index (κ3) is 3.07. The number of hydrogen-bond acceptors (Lipinski definition) is 3. The largest absolute Gasteiger partial charge is 0.461 e. The van der Waals surface area contributed by atoms with E-state index < -0.39 is 0 Å². The number of carbonyl (C=O) groups is 1. The van der Waals surface area contributed by atoms with Crippen LogP contribution in [-0.4, -0.2) is 5.97 Å². The molecule has 2 aliphatic carbocycles. The number of allylic oxidation sites excluding steroid dienone is 1. The molecule has 0 bridgehead atoms. The molecule has 0 heterocycles. The van der Waals surface area contributed by atoms with Gasteiger partial charge < -0.3 is 9.47 Å². The fourth-order valence-electron chi connectivity index (χ4n) is 5.29. The van der Waals surface area contributed by atoms with Crippen molar-refractivity contribution in [2.24, 2.45) is 11.3 Å². The van der Waals surface area contributed by atoms with Gasteiger partial charge in [0.15, 0.2) is 0 Å². The lowest BCUT2D eigenvalue weighted by Crippen LogP contribution is -2.14. The molecule has 5 rings (SSSR count). The first kappa shape index (κ1) is 19.6. The molecule has 3 heteroatoms. The molecule has 1 saturated carbocycles. The lowest BCUT2D eigenvalue weighted by molar-refractivity contribution is -0.147. The zero-order valence-corrected chi connectivity index (χ0v) is 17.9. The van der Waals surface area contributed by atoms with Gasteiger partial charge in [-0.15, -0.1) is 0 Å². The molecule has 0 saturated heterocycles. The van der Waals surface area contributed by atoms with Gasteiger partial charge in [-0.25, -0.2) is 0 Å². The van der Waals surface area contributed by atoms with E-state index in [1.807, 2.05) is 60.7 Å². The second kappa shape index (κ2) is 7.42. The smallest absolute Gasteiger partial charge is 0.311 e. The standard InChI is InChI=1S/C28H26O3/c1-3-27(2)25(28(27)17-16-21-11-7-8-15-24(21)28)26(29)30-19-20-10-9-14-23(18-20)31-22-12-5-4-6-13-22/h4-18,25H,3,19H2,1-2H3/t25-,27+,28-/m1/s1. The summed E-state index contributed by atoms with van der Waals surface area (Å²) < 4.78 is 11.7. The van der Waals surface area contributed by atoms with Crippen LogP contribution < -0.4 is 4.74 Å². The van der Waals surface area contributed by atoms with Gasteiger partial charge in [0.05, 0.1) is 5.92 Å². The summed E-state index contributed by atoms with van der Waals surface area (Å²) in [4.78, 5) is 13.2. The van der Waals surface area contributed by atoms with Crippen LogP contribution in [0.4, 0.5) is 0 Å². The monoisotopic (exact) mass is 410 g/mol. The zero-order valence-electron chi connectivity index (χ0n) is 17.9. The van der Waals surface area contributed by atoms with Crippen molar-refractivity contribution in [2.75, 3.05) is 0 Å². The van der Waals surface area contributed by atoms with Gasteiger partial charge in [0.2, 0.25) is 0 Å². The Hall–Kier alpha value is -3.33. The van der Waals surface area contributed by atoms with Crippen molar-refractivity contribution in [3.8, 4) is 11.5 Å². The van der Waals surface area contributed by atoms with E-state index in [-0.39, 0.29) is 29.3 Å². The fourth-order valence-corrected chi connectivity index (χ4v) is 5.29. The minimum absolute atomic E-state index is 0.120. The minimum Gasteiger partial charge on any atom is -0.461 e. The van der Waals surface area contributed by atoms with Gasteiger partial charge in [-0.2, -0.15) is 0 Å². The van der Waals surface area contributed by atoms with Crippen LogP contribution in [0.2, 0.25) is 0 Å². The number of rotatable bonds is 6. The first-order valence-electron chi connectivity index (χ1n) is 10.9. The van der Waals surface area contributed by atoms with E-state index in [1.54, 1.807) is 0 Å². The molecular formula is C28H26O3. The van der Waals surface area contributed by atoms with Crippen molar-refractivity contribution in [3.63, 3.8) is 0 Å². The Morgan fingerprint density at radius 2 is 1.68 bits per heavy atom. The molecule has 0 amide bonds. The van der Waals surface area contributed by atoms with Crippen LogP contribution in [0.15, 0.2) is 84.9 Å². The molecule has 0 aromatic heterocycles. The first-order valence-corrected chi connectivity index (χ1v) is 10.9. The summed E-state index contributed by atoms with van der Waals surface area (Å²) >= 11 is 0. The third-order valence-corrected chi connectivity index (χ3v) is 7.12. The molecule has 2 aliphatic rings. The summed E-state index contributed by atoms with van der Waals surface area (Å²) in [5.41, 5.74) is 3.01. The Labute approximate surface area is 183 Å². The Morgan fingerprint density at radius 1 is 0.935 bits per heavy atom. The Morgan fingerprint density at radius 3 is 2.48 bits per heavy atom. The number of hydrogen-bond donors (Lipinski definition) is 0. The minimum atomic E-state index is -0.242. The van der Waals surface area contributed by atoms with Crippen molar-refractivity contribution in [2.45, 2.75) is 32.3 Å². The predicted octanol–water partition coefficient (Wildman–Crippen LogP) is 6.53. The van der Waals surface area contributed by atoms with E-state index in [2.05, 4.69) is 44.2 Å². The van der Waals surface area contributed by atoms with Gasteiger partial charge in [-0.05, 0) is 52.8 Å². The maximum atomic E-state index is 13.2. The van der Waals surface area contributed by atoms with E-state index in [0.717, 1.165) is 23.5 Å². The van der Waals surface area contributed by atoms with E-state index in [1.165, 1.54) is 11.1 Å². The van der Waals surface area contributed by atoms with Gasteiger partial charge in [-0.1, -0.05) is 80.6 Å². The zero-order chi connectivity index (χ0) is 21.5. The number of ether oxygens (including phenoxy) is 2. The normalized spacial score (nSPS) is 25.3. The van der Waals surface area contributed by atoms with Gasteiger partial charge in [0.1, 0.15) is 18.1 Å². The summed E-state index contributed by atoms with van der Waals surface area (Å²) in [6, 6.07) is 25.7. The average molecular weight is 411 g/mol. The van der Waals surface area contributed by atoms with Gasteiger partial charge in [0, 0.05) is 5.41 Å². The molecule has 3 nitrogen and oxygen atoms in total. The molecule has 1 fully saturated rings. The van der Waals surface area contributed by atoms with E-state index in [4.69, 9.17) is 9.47 Å². The van der Waals surface area contributed by atoms with Crippen molar-refractivity contribution < 1.29 is 14.3 Å². The van der Waals surface area contributed by atoms with Gasteiger partial charge >= 0.3 is 5.97 Å². The van der Waals surface area contributed by atoms with Gasteiger partial charge in [0.25, 0.3) is 0 Å². The fraction of sp³-hybridized carbons (Fsp3) is 0.250. The van der Waals surface area contributed by atoms with Crippen LogP contribution in [-0.2, 0) is 21.6 Å². The number of fused-ring (bicyclic) bond motifs is 2.